The summed E-state index contributed by atoms with van der Waals surface area (Å²) in [6, 6.07) is 14.3. The Morgan fingerprint density at radius 2 is 1.69 bits per heavy atom. The lowest BCUT2D eigenvalue weighted by Gasteiger charge is -2.29. The molecule has 1 atom stereocenters. The molecule has 2 amide bonds. The third kappa shape index (κ3) is 7.92. The number of amides is 2. The van der Waals surface area contributed by atoms with Crippen LogP contribution in [0.2, 0.25) is 10.0 Å². The first-order valence-corrected chi connectivity index (χ1v) is 11.3. The van der Waals surface area contributed by atoms with E-state index >= 15 is 0 Å². The van der Waals surface area contributed by atoms with Crippen LogP contribution in [0.4, 0.5) is 0 Å². The van der Waals surface area contributed by atoms with E-state index in [9.17, 15) is 9.59 Å². The van der Waals surface area contributed by atoms with Gasteiger partial charge in [-0.1, -0.05) is 47.5 Å². The Hall–Kier alpha value is -1.69. The first kappa shape index (κ1) is 23.6. The number of carbonyl (C=O) groups is 2. The maximum Gasteiger partial charge on any atom is 0.242 e. The van der Waals surface area contributed by atoms with E-state index in [0.29, 0.717) is 22.3 Å². The van der Waals surface area contributed by atoms with E-state index in [-0.39, 0.29) is 23.6 Å². The molecule has 0 radical (unpaired) electrons. The van der Waals surface area contributed by atoms with Crippen LogP contribution in [0.3, 0.4) is 0 Å². The normalized spacial score (nSPS) is 11.9. The molecule has 0 aliphatic carbocycles. The van der Waals surface area contributed by atoms with Crippen molar-refractivity contribution in [3.63, 3.8) is 0 Å². The minimum absolute atomic E-state index is 0.00681. The Labute approximate surface area is 187 Å². The number of benzene rings is 2. The lowest BCUT2D eigenvalue weighted by atomic mass is 10.1. The largest absolute Gasteiger partial charge is 0.352 e. The van der Waals surface area contributed by atoms with Crippen molar-refractivity contribution in [2.24, 2.45) is 0 Å². The molecule has 0 unspecified atom stereocenters. The van der Waals surface area contributed by atoms with E-state index in [1.54, 1.807) is 17.9 Å². The molecule has 29 heavy (non-hydrogen) atoms. The lowest BCUT2D eigenvalue weighted by Crippen LogP contribution is -2.49. The molecule has 1 N–H and O–H groups in total. The zero-order valence-electron chi connectivity index (χ0n) is 16.8. The smallest absolute Gasteiger partial charge is 0.242 e. The van der Waals surface area contributed by atoms with Gasteiger partial charge in [0.05, 0.1) is 5.75 Å². The summed E-state index contributed by atoms with van der Waals surface area (Å²) >= 11 is 13.5. The third-order valence-corrected chi connectivity index (χ3v) is 5.72. The molecular formula is C22H26Cl2N2O2S. The first-order chi connectivity index (χ1) is 13.8. The van der Waals surface area contributed by atoms with Gasteiger partial charge in [-0.25, -0.2) is 0 Å². The van der Waals surface area contributed by atoms with E-state index < -0.39 is 6.04 Å². The second-order valence-electron chi connectivity index (χ2n) is 7.11. The number of hydrogen-bond donors (Lipinski definition) is 1. The van der Waals surface area contributed by atoms with Gasteiger partial charge in [-0.05, 0) is 56.2 Å². The second kappa shape index (κ2) is 11.5. The molecule has 0 saturated heterocycles. The summed E-state index contributed by atoms with van der Waals surface area (Å²) in [5.74, 6) is 0.719. The molecule has 2 rings (SSSR count). The molecule has 0 aliphatic heterocycles. The maximum atomic E-state index is 13.0. The average molecular weight is 453 g/mol. The number of nitrogens with zero attached hydrogens (tertiary/aromatic N) is 1. The summed E-state index contributed by atoms with van der Waals surface area (Å²) in [5.41, 5.74) is 1.98. The fraction of sp³-hybridized carbons (Fsp3) is 0.364. The van der Waals surface area contributed by atoms with Crippen molar-refractivity contribution in [1.29, 1.82) is 0 Å². The van der Waals surface area contributed by atoms with E-state index in [1.165, 1.54) is 11.8 Å². The van der Waals surface area contributed by atoms with Gasteiger partial charge in [-0.3, -0.25) is 9.59 Å². The van der Waals surface area contributed by atoms with E-state index in [0.717, 1.165) is 11.1 Å². The number of nitrogens with one attached hydrogen (secondary N) is 1. The summed E-state index contributed by atoms with van der Waals surface area (Å²) in [4.78, 5) is 27.1. The SMILES string of the molecule is CC(C)NC(=O)[C@@H](C)N(Cc1cccc(Cl)c1)C(=O)CSCc1ccc(Cl)cc1. The average Bonchev–Trinajstić information content (AvgIpc) is 2.66. The zero-order chi connectivity index (χ0) is 21.4. The van der Waals surface area contributed by atoms with Crippen LogP contribution in [-0.2, 0) is 21.9 Å². The monoisotopic (exact) mass is 452 g/mol. The zero-order valence-corrected chi connectivity index (χ0v) is 19.2. The minimum Gasteiger partial charge on any atom is -0.352 e. The summed E-state index contributed by atoms with van der Waals surface area (Å²) in [5, 5.41) is 4.17. The number of halogens is 2. The van der Waals surface area contributed by atoms with Crippen LogP contribution in [0.5, 0.6) is 0 Å². The van der Waals surface area contributed by atoms with Crippen LogP contribution in [0.15, 0.2) is 48.5 Å². The van der Waals surface area contributed by atoms with Crippen LogP contribution in [0.25, 0.3) is 0 Å². The number of rotatable bonds is 9. The van der Waals surface area contributed by atoms with Gasteiger partial charge in [0.1, 0.15) is 6.04 Å². The Morgan fingerprint density at radius 1 is 1.00 bits per heavy atom. The van der Waals surface area contributed by atoms with Crippen molar-refractivity contribution in [2.75, 3.05) is 5.75 Å². The summed E-state index contributed by atoms with van der Waals surface area (Å²) in [7, 11) is 0. The molecular weight excluding hydrogens is 427 g/mol. The summed E-state index contributed by atoms with van der Waals surface area (Å²) in [6.07, 6.45) is 0. The van der Waals surface area contributed by atoms with Gasteiger partial charge in [0, 0.05) is 28.4 Å². The first-order valence-electron chi connectivity index (χ1n) is 9.42. The van der Waals surface area contributed by atoms with Crippen LogP contribution in [-0.4, -0.2) is 34.6 Å². The van der Waals surface area contributed by atoms with Gasteiger partial charge in [0.25, 0.3) is 0 Å². The van der Waals surface area contributed by atoms with Crippen molar-refractivity contribution >= 4 is 46.8 Å². The molecule has 0 bridgehead atoms. The predicted molar refractivity (Wildman–Crippen MR) is 122 cm³/mol. The molecule has 4 nitrogen and oxygen atoms in total. The van der Waals surface area contributed by atoms with Crippen molar-refractivity contribution < 1.29 is 9.59 Å². The Balaban J connectivity index is 2.06. The van der Waals surface area contributed by atoms with Crippen LogP contribution in [0, 0.1) is 0 Å². The molecule has 7 heteroatoms. The van der Waals surface area contributed by atoms with Gasteiger partial charge in [0.15, 0.2) is 0 Å². The predicted octanol–water partition coefficient (Wildman–Crippen LogP) is 5.17. The fourth-order valence-corrected chi connectivity index (χ4v) is 3.95. The lowest BCUT2D eigenvalue weighted by molar-refractivity contribution is -0.138. The highest BCUT2D eigenvalue weighted by Gasteiger charge is 2.26. The van der Waals surface area contributed by atoms with Crippen LogP contribution < -0.4 is 5.32 Å². The minimum atomic E-state index is -0.583. The Morgan fingerprint density at radius 3 is 2.31 bits per heavy atom. The van der Waals surface area contributed by atoms with E-state index in [2.05, 4.69) is 5.32 Å². The van der Waals surface area contributed by atoms with E-state index in [1.807, 2.05) is 56.3 Å². The van der Waals surface area contributed by atoms with Gasteiger partial charge in [0.2, 0.25) is 11.8 Å². The molecule has 2 aromatic carbocycles. The molecule has 2 aromatic rings. The summed E-state index contributed by atoms with van der Waals surface area (Å²) < 4.78 is 0. The van der Waals surface area contributed by atoms with Crippen molar-refractivity contribution in [1.82, 2.24) is 10.2 Å². The molecule has 0 aliphatic rings. The van der Waals surface area contributed by atoms with Gasteiger partial charge in [-0.2, -0.15) is 0 Å². The van der Waals surface area contributed by atoms with Gasteiger partial charge in [-0.15, -0.1) is 11.8 Å². The highest BCUT2D eigenvalue weighted by atomic mass is 35.5. The van der Waals surface area contributed by atoms with Crippen molar-refractivity contribution in [3.8, 4) is 0 Å². The highest BCUT2D eigenvalue weighted by molar-refractivity contribution is 7.99. The topological polar surface area (TPSA) is 49.4 Å². The van der Waals surface area contributed by atoms with E-state index in [4.69, 9.17) is 23.2 Å². The Bertz CT molecular complexity index is 828. The van der Waals surface area contributed by atoms with Crippen LogP contribution >= 0.6 is 35.0 Å². The summed E-state index contributed by atoms with van der Waals surface area (Å²) in [6.45, 7) is 5.88. The maximum absolute atomic E-state index is 13.0. The molecule has 0 heterocycles. The third-order valence-electron chi connectivity index (χ3n) is 4.25. The van der Waals surface area contributed by atoms with Gasteiger partial charge < -0.3 is 10.2 Å². The van der Waals surface area contributed by atoms with Crippen LogP contribution in [0.1, 0.15) is 31.9 Å². The molecule has 0 aromatic heterocycles. The molecule has 156 valence electrons. The fourth-order valence-electron chi connectivity index (χ4n) is 2.74. The number of thioether (sulfide) groups is 1. The van der Waals surface area contributed by atoms with Crippen molar-refractivity contribution in [2.45, 2.75) is 45.2 Å². The molecule has 0 saturated carbocycles. The Kier molecular flexibility index (Phi) is 9.34. The highest BCUT2D eigenvalue weighted by Crippen LogP contribution is 2.19. The molecule has 0 spiro atoms. The number of carbonyl (C=O) groups excluding carboxylic acids is 2. The standard InChI is InChI=1S/C22H26Cl2N2O2S/c1-15(2)25-22(28)16(3)26(12-18-5-4-6-20(24)11-18)21(27)14-29-13-17-7-9-19(23)10-8-17/h4-11,15-16H,12-14H2,1-3H3,(H,25,28)/t16-/m1/s1. The molecule has 0 fully saturated rings. The number of hydrogen-bond acceptors (Lipinski definition) is 3. The quantitative estimate of drug-likeness (QED) is 0.570. The second-order valence-corrected chi connectivity index (χ2v) is 8.97. The van der Waals surface area contributed by atoms with Crippen molar-refractivity contribution in [3.05, 3.63) is 69.7 Å². The van der Waals surface area contributed by atoms with Gasteiger partial charge >= 0.3 is 0 Å².